The van der Waals surface area contributed by atoms with Crippen LogP contribution in [0.4, 0.5) is 18.9 Å². The molecule has 0 aliphatic carbocycles. The van der Waals surface area contributed by atoms with Crippen LogP contribution >= 0.6 is 0 Å². The van der Waals surface area contributed by atoms with Crippen molar-refractivity contribution in [1.82, 2.24) is 9.88 Å². The zero-order valence-corrected chi connectivity index (χ0v) is 11.7. The standard InChI is InChI=1S/C13H16F3N3O3/c14-13(15,16)12(20)18-10-1-2-11(17-9-10)22-8-5-19-3-6-21-7-4-19/h1-2,9H,3-8H2,(H,18,20). The highest BCUT2D eigenvalue weighted by atomic mass is 19.4. The van der Waals surface area contributed by atoms with Crippen LogP contribution in [-0.2, 0) is 9.53 Å². The largest absolute Gasteiger partial charge is 0.476 e. The molecule has 122 valence electrons. The summed E-state index contributed by atoms with van der Waals surface area (Å²) in [6.07, 6.45) is -3.80. The summed E-state index contributed by atoms with van der Waals surface area (Å²) in [7, 11) is 0. The number of rotatable bonds is 5. The van der Waals surface area contributed by atoms with Gasteiger partial charge in [-0.15, -0.1) is 0 Å². The topological polar surface area (TPSA) is 63.7 Å². The Kier molecular flexibility index (Phi) is 5.56. The van der Waals surface area contributed by atoms with Crippen LogP contribution in [0.2, 0.25) is 0 Å². The van der Waals surface area contributed by atoms with Crippen molar-refractivity contribution >= 4 is 11.6 Å². The predicted octanol–water partition coefficient (Wildman–Crippen LogP) is 1.29. The molecule has 0 unspecified atom stereocenters. The van der Waals surface area contributed by atoms with E-state index in [4.69, 9.17) is 9.47 Å². The molecular weight excluding hydrogens is 303 g/mol. The maximum absolute atomic E-state index is 12.1. The summed E-state index contributed by atoms with van der Waals surface area (Å²) in [4.78, 5) is 16.8. The molecule has 0 bridgehead atoms. The fraction of sp³-hybridized carbons (Fsp3) is 0.538. The van der Waals surface area contributed by atoms with Crippen molar-refractivity contribution in [3.05, 3.63) is 18.3 Å². The summed E-state index contributed by atoms with van der Waals surface area (Å²) in [6, 6.07) is 2.71. The fourth-order valence-electron chi connectivity index (χ4n) is 1.85. The summed E-state index contributed by atoms with van der Waals surface area (Å²) in [5.74, 6) is -1.74. The average Bonchev–Trinajstić information content (AvgIpc) is 2.49. The molecule has 1 aromatic rings. The number of aromatic nitrogens is 1. The van der Waals surface area contributed by atoms with Gasteiger partial charge < -0.3 is 14.8 Å². The number of amides is 1. The minimum Gasteiger partial charge on any atom is -0.476 e. The van der Waals surface area contributed by atoms with Crippen LogP contribution in [0.1, 0.15) is 0 Å². The van der Waals surface area contributed by atoms with Gasteiger partial charge in [-0.3, -0.25) is 9.69 Å². The second-order valence-corrected chi connectivity index (χ2v) is 4.64. The molecule has 1 aliphatic rings. The Bertz CT molecular complexity index is 488. The summed E-state index contributed by atoms with van der Waals surface area (Å²) in [5.41, 5.74) is -0.0390. The minimum atomic E-state index is -4.92. The van der Waals surface area contributed by atoms with Gasteiger partial charge in [-0.2, -0.15) is 13.2 Å². The summed E-state index contributed by atoms with van der Waals surface area (Å²) >= 11 is 0. The normalized spacial score (nSPS) is 16.3. The molecule has 1 fully saturated rings. The quantitative estimate of drug-likeness (QED) is 0.886. The average molecular weight is 319 g/mol. The molecule has 9 heteroatoms. The van der Waals surface area contributed by atoms with E-state index in [1.54, 1.807) is 5.32 Å². The van der Waals surface area contributed by atoms with E-state index in [1.807, 2.05) is 0 Å². The van der Waals surface area contributed by atoms with E-state index in [9.17, 15) is 18.0 Å². The van der Waals surface area contributed by atoms with Crippen molar-refractivity contribution in [3.63, 3.8) is 0 Å². The van der Waals surface area contributed by atoms with Crippen molar-refractivity contribution in [2.24, 2.45) is 0 Å². The predicted molar refractivity (Wildman–Crippen MR) is 71.7 cm³/mol. The second kappa shape index (κ2) is 7.41. The number of anilines is 1. The molecule has 0 aromatic carbocycles. The van der Waals surface area contributed by atoms with Crippen LogP contribution in [-0.4, -0.2) is 61.4 Å². The summed E-state index contributed by atoms with van der Waals surface area (Å²) in [6.45, 7) is 4.23. The van der Waals surface area contributed by atoms with Gasteiger partial charge in [0.2, 0.25) is 5.88 Å². The third-order valence-electron chi connectivity index (χ3n) is 3.01. The lowest BCUT2D eigenvalue weighted by atomic mass is 10.4. The van der Waals surface area contributed by atoms with Crippen molar-refractivity contribution in [2.45, 2.75) is 6.18 Å². The van der Waals surface area contributed by atoms with E-state index >= 15 is 0 Å². The van der Waals surface area contributed by atoms with E-state index in [0.29, 0.717) is 25.7 Å². The molecule has 1 saturated heterocycles. The van der Waals surface area contributed by atoms with E-state index in [0.717, 1.165) is 25.8 Å². The van der Waals surface area contributed by atoms with Crippen molar-refractivity contribution in [3.8, 4) is 5.88 Å². The summed E-state index contributed by atoms with van der Waals surface area (Å²) in [5, 5.41) is 1.71. The Hall–Kier alpha value is -1.87. The van der Waals surface area contributed by atoms with Crippen LogP contribution in [0.3, 0.4) is 0 Å². The Morgan fingerprint density at radius 2 is 2.09 bits per heavy atom. The number of nitrogens with zero attached hydrogens (tertiary/aromatic N) is 2. The zero-order chi connectivity index (χ0) is 16.0. The third-order valence-corrected chi connectivity index (χ3v) is 3.01. The van der Waals surface area contributed by atoms with Gasteiger partial charge in [-0.25, -0.2) is 4.98 Å². The third kappa shape index (κ3) is 5.15. The first-order chi connectivity index (χ1) is 10.4. The first-order valence-corrected chi connectivity index (χ1v) is 6.72. The van der Waals surface area contributed by atoms with E-state index in [1.165, 1.54) is 12.1 Å². The Balaban J connectivity index is 1.75. The zero-order valence-electron chi connectivity index (χ0n) is 11.7. The van der Waals surface area contributed by atoms with Gasteiger partial charge >= 0.3 is 12.1 Å². The number of alkyl halides is 3. The molecular formula is C13H16F3N3O3. The number of hydrogen-bond donors (Lipinski definition) is 1. The second-order valence-electron chi connectivity index (χ2n) is 4.64. The monoisotopic (exact) mass is 319 g/mol. The minimum absolute atomic E-state index is 0.0390. The molecule has 2 rings (SSSR count). The SMILES string of the molecule is O=C(Nc1ccc(OCCN2CCOCC2)nc1)C(F)(F)F. The van der Waals surface area contributed by atoms with E-state index in [-0.39, 0.29) is 5.69 Å². The van der Waals surface area contributed by atoms with Crippen molar-refractivity contribution in [2.75, 3.05) is 44.8 Å². The van der Waals surface area contributed by atoms with Gasteiger partial charge in [-0.1, -0.05) is 0 Å². The smallest absolute Gasteiger partial charge is 0.471 e. The van der Waals surface area contributed by atoms with Gasteiger partial charge in [0.05, 0.1) is 25.1 Å². The molecule has 1 amide bonds. The fourth-order valence-corrected chi connectivity index (χ4v) is 1.85. The number of carbonyl (C=O) groups excluding carboxylic acids is 1. The van der Waals surface area contributed by atoms with Gasteiger partial charge in [0, 0.05) is 25.7 Å². The molecule has 1 aliphatic heterocycles. The highest BCUT2D eigenvalue weighted by Crippen LogP contribution is 2.18. The van der Waals surface area contributed by atoms with Crippen LogP contribution < -0.4 is 10.1 Å². The molecule has 0 radical (unpaired) electrons. The van der Waals surface area contributed by atoms with Crippen LogP contribution in [0.25, 0.3) is 0 Å². The number of pyridine rings is 1. The first-order valence-electron chi connectivity index (χ1n) is 6.72. The van der Waals surface area contributed by atoms with E-state index in [2.05, 4.69) is 9.88 Å². The molecule has 1 N–H and O–H groups in total. The molecule has 2 heterocycles. The number of nitrogens with one attached hydrogen (secondary N) is 1. The van der Waals surface area contributed by atoms with Crippen LogP contribution in [0, 0.1) is 0 Å². The van der Waals surface area contributed by atoms with Crippen LogP contribution in [0.15, 0.2) is 18.3 Å². The lowest BCUT2D eigenvalue weighted by Crippen LogP contribution is -2.38. The Morgan fingerprint density at radius 3 is 2.68 bits per heavy atom. The Morgan fingerprint density at radius 1 is 1.36 bits per heavy atom. The molecule has 6 nitrogen and oxygen atoms in total. The molecule has 1 aromatic heterocycles. The number of ether oxygens (including phenoxy) is 2. The number of carbonyl (C=O) groups is 1. The van der Waals surface area contributed by atoms with Crippen molar-refractivity contribution in [1.29, 1.82) is 0 Å². The highest BCUT2D eigenvalue weighted by molar-refractivity contribution is 5.94. The number of hydrogen-bond acceptors (Lipinski definition) is 5. The molecule has 0 saturated carbocycles. The molecule has 0 spiro atoms. The van der Waals surface area contributed by atoms with Gasteiger partial charge in [0.1, 0.15) is 6.61 Å². The van der Waals surface area contributed by atoms with E-state index < -0.39 is 12.1 Å². The maximum atomic E-state index is 12.1. The highest BCUT2D eigenvalue weighted by Gasteiger charge is 2.38. The van der Waals surface area contributed by atoms with Gasteiger partial charge in [0.25, 0.3) is 0 Å². The first kappa shape index (κ1) is 16.5. The van der Waals surface area contributed by atoms with Gasteiger partial charge in [-0.05, 0) is 6.07 Å². The maximum Gasteiger partial charge on any atom is 0.471 e. The number of morpholine rings is 1. The molecule has 22 heavy (non-hydrogen) atoms. The van der Waals surface area contributed by atoms with Gasteiger partial charge in [0.15, 0.2) is 0 Å². The lowest BCUT2D eigenvalue weighted by molar-refractivity contribution is -0.167. The lowest BCUT2D eigenvalue weighted by Gasteiger charge is -2.26. The summed E-state index contributed by atoms with van der Waals surface area (Å²) < 4.78 is 46.9. The molecule has 0 atom stereocenters. The van der Waals surface area contributed by atoms with Crippen molar-refractivity contribution < 1.29 is 27.4 Å². The van der Waals surface area contributed by atoms with Crippen LogP contribution in [0.5, 0.6) is 5.88 Å². The number of halogens is 3. The Labute approximate surface area is 125 Å².